The van der Waals surface area contributed by atoms with E-state index >= 15 is 0 Å². The molecule has 5 nitrogen and oxygen atoms in total. The van der Waals surface area contributed by atoms with Crippen LogP contribution in [0.4, 0.5) is 0 Å². The number of nitrogens with one attached hydrogen (secondary N) is 2. The Hall–Kier alpha value is -2.95. The summed E-state index contributed by atoms with van der Waals surface area (Å²) in [7, 11) is 0. The number of carbonyl (C=O) groups is 1. The van der Waals surface area contributed by atoms with Gasteiger partial charge in [-0.2, -0.15) is 5.10 Å². The van der Waals surface area contributed by atoms with Crippen molar-refractivity contribution in [3.63, 3.8) is 0 Å². The minimum Gasteiger partial charge on any atom is -0.358 e. The van der Waals surface area contributed by atoms with Crippen molar-refractivity contribution < 1.29 is 4.79 Å². The van der Waals surface area contributed by atoms with Gasteiger partial charge in [0.05, 0.1) is 6.21 Å². The summed E-state index contributed by atoms with van der Waals surface area (Å²) >= 11 is 0. The molecule has 0 unspecified atom stereocenters. The van der Waals surface area contributed by atoms with Crippen LogP contribution in [0.15, 0.2) is 47.8 Å². The zero-order valence-electron chi connectivity index (χ0n) is 13.2. The number of benzene rings is 1. The molecule has 120 valence electrons. The summed E-state index contributed by atoms with van der Waals surface area (Å²) in [6, 6.07) is 9.44. The number of H-pyrrole nitrogens is 1. The SMILES string of the molecule is O=C(N/N=C\c1ccncc1)c1ccc2[nH]c3c(c2c1)CCCC3. The van der Waals surface area contributed by atoms with E-state index in [1.165, 1.54) is 24.1 Å². The first-order valence-electron chi connectivity index (χ1n) is 8.18. The van der Waals surface area contributed by atoms with Gasteiger partial charge in [-0.3, -0.25) is 9.78 Å². The van der Waals surface area contributed by atoms with Gasteiger partial charge in [0.15, 0.2) is 0 Å². The van der Waals surface area contributed by atoms with E-state index in [-0.39, 0.29) is 5.91 Å². The van der Waals surface area contributed by atoms with Crippen molar-refractivity contribution in [2.24, 2.45) is 5.10 Å². The van der Waals surface area contributed by atoms with Crippen LogP contribution < -0.4 is 5.43 Å². The first kappa shape index (κ1) is 14.6. The number of fused-ring (bicyclic) bond motifs is 3. The van der Waals surface area contributed by atoms with Gasteiger partial charge in [-0.25, -0.2) is 5.43 Å². The molecular weight excluding hydrogens is 300 g/mol. The molecule has 0 aliphatic heterocycles. The molecule has 2 aromatic heterocycles. The number of pyridine rings is 1. The minimum atomic E-state index is -0.201. The zero-order valence-corrected chi connectivity index (χ0v) is 13.2. The predicted molar refractivity (Wildman–Crippen MR) is 94.2 cm³/mol. The highest BCUT2D eigenvalue weighted by Gasteiger charge is 2.16. The Balaban J connectivity index is 1.55. The average molecular weight is 318 g/mol. The van der Waals surface area contributed by atoms with Crippen molar-refractivity contribution >= 4 is 23.0 Å². The van der Waals surface area contributed by atoms with Gasteiger partial charge in [-0.1, -0.05) is 0 Å². The number of hydrogen-bond acceptors (Lipinski definition) is 3. The highest BCUT2D eigenvalue weighted by atomic mass is 16.2. The summed E-state index contributed by atoms with van der Waals surface area (Å²) < 4.78 is 0. The van der Waals surface area contributed by atoms with Crippen molar-refractivity contribution in [3.8, 4) is 0 Å². The van der Waals surface area contributed by atoms with Gasteiger partial charge >= 0.3 is 0 Å². The molecule has 24 heavy (non-hydrogen) atoms. The lowest BCUT2D eigenvalue weighted by Crippen LogP contribution is -2.17. The lowest BCUT2D eigenvalue weighted by molar-refractivity contribution is 0.0955. The third-order valence-corrected chi connectivity index (χ3v) is 4.45. The van der Waals surface area contributed by atoms with E-state index in [1.54, 1.807) is 18.6 Å². The summed E-state index contributed by atoms with van der Waals surface area (Å²) in [5.41, 5.74) is 7.90. The fourth-order valence-electron chi connectivity index (χ4n) is 3.23. The maximum absolute atomic E-state index is 12.3. The second-order valence-corrected chi connectivity index (χ2v) is 6.03. The second-order valence-electron chi connectivity index (χ2n) is 6.03. The Morgan fingerprint density at radius 3 is 2.88 bits per heavy atom. The number of carbonyl (C=O) groups excluding carboxylic acids is 1. The first-order chi connectivity index (χ1) is 11.8. The Labute approximate surface area is 139 Å². The topological polar surface area (TPSA) is 70.1 Å². The van der Waals surface area contributed by atoms with E-state index in [0.717, 1.165) is 29.3 Å². The fraction of sp³-hybridized carbons (Fsp3) is 0.211. The summed E-state index contributed by atoms with van der Waals surface area (Å²) in [5, 5.41) is 5.18. The molecule has 3 aromatic rings. The standard InChI is InChI=1S/C19H18N4O/c24-19(23-21-12-13-7-9-20-10-8-13)14-5-6-18-16(11-14)15-3-1-2-4-17(15)22-18/h5-12,22H,1-4H2,(H,23,24)/b21-12-. The molecule has 0 saturated heterocycles. The third-order valence-electron chi connectivity index (χ3n) is 4.45. The molecule has 0 saturated carbocycles. The molecule has 2 heterocycles. The van der Waals surface area contributed by atoms with Crippen molar-refractivity contribution in [2.75, 3.05) is 0 Å². The van der Waals surface area contributed by atoms with Crippen LogP contribution in [0.25, 0.3) is 10.9 Å². The molecule has 1 aromatic carbocycles. The number of nitrogens with zero attached hydrogens (tertiary/aromatic N) is 2. The molecular formula is C19H18N4O. The number of hydrogen-bond donors (Lipinski definition) is 2. The molecule has 2 N–H and O–H groups in total. The Morgan fingerprint density at radius 2 is 2.00 bits per heavy atom. The van der Waals surface area contributed by atoms with Gasteiger partial charge in [-0.05, 0) is 67.1 Å². The zero-order chi connectivity index (χ0) is 16.4. The van der Waals surface area contributed by atoms with E-state index in [4.69, 9.17) is 0 Å². The molecule has 1 aliphatic carbocycles. The number of aromatic nitrogens is 2. The lowest BCUT2D eigenvalue weighted by Gasteiger charge is -2.10. The van der Waals surface area contributed by atoms with E-state index in [9.17, 15) is 4.79 Å². The lowest BCUT2D eigenvalue weighted by atomic mass is 9.95. The van der Waals surface area contributed by atoms with Gasteiger partial charge in [0.25, 0.3) is 5.91 Å². The predicted octanol–water partition coefficient (Wildman–Crippen LogP) is 3.21. The van der Waals surface area contributed by atoms with Crippen molar-refractivity contribution in [3.05, 3.63) is 65.1 Å². The number of aryl methyl sites for hydroxylation is 2. The first-order valence-corrected chi connectivity index (χ1v) is 8.18. The molecule has 0 atom stereocenters. The minimum absolute atomic E-state index is 0.201. The quantitative estimate of drug-likeness (QED) is 0.575. The normalized spacial score (nSPS) is 14.0. The van der Waals surface area contributed by atoms with E-state index in [2.05, 4.69) is 20.5 Å². The van der Waals surface area contributed by atoms with Crippen LogP contribution in [0.1, 0.15) is 40.0 Å². The summed E-state index contributed by atoms with van der Waals surface area (Å²) in [6.07, 6.45) is 9.61. The smallest absolute Gasteiger partial charge is 0.271 e. The molecule has 0 bridgehead atoms. The molecule has 1 amide bonds. The van der Waals surface area contributed by atoms with Crippen LogP contribution in [-0.2, 0) is 12.8 Å². The van der Waals surface area contributed by atoms with Crippen molar-refractivity contribution in [1.82, 2.24) is 15.4 Å². The molecule has 0 fully saturated rings. The molecule has 5 heteroatoms. The number of aromatic amines is 1. The van der Waals surface area contributed by atoms with Gasteiger partial charge in [0, 0.05) is 34.6 Å². The van der Waals surface area contributed by atoms with Crippen LogP contribution in [0.2, 0.25) is 0 Å². The summed E-state index contributed by atoms with van der Waals surface area (Å²) in [4.78, 5) is 19.7. The largest absolute Gasteiger partial charge is 0.358 e. The van der Waals surface area contributed by atoms with E-state index < -0.39 is 0 Å². The van der Waals surface area contributed by atoms with Crippen molar-refractivity contribution in [1.29, 1.82) is 0 Å². The Kier molecular flexibility index (Phi) is 3.83. The van der Waals surface area contributed by atoms with Gasteiger partial charge < -0.3 is 4.98 Å². The fourth-order valence-corrected chi connectivity index (χ4v) is 3.23. The third kappa shape index (κ3) is 2.80. The maximum Gasteiger partial charge on any atom is 0.271 e. The highest BCUT2D eigenvalue weighted by molar-refractivity contribution is 5.99. The molecule has 0 radical (unpaired) electrons. The monoisotopic (exact) mass is 318 g/mol. The van der Waals surface area contributed by atoms with Crippen LogP contribution >= 0.6 is 0 Å². The molecule has 4 rings (SSSR count). The van der Waals surface area contributed by atoms with Crippen LogP contribution in [0.5, 0.6) is 0 Å². The summed E-state index contributed by atoms with van der Waals surface area (Å²) in [5.74, 6) is -0.201. The molecule has 0 spiro atoms. The van der Waals surface area contributed by atoms with Crippen LogP contribution in [0.3, 0.4) is 0 Å². The maximum atomic E-state index is 12.3. The van der Waals surface area contributed by atoms with Crippen molar-refractivity contribution in [2.45, 2.75) is 25.7 Å². The van der Waals surface area contributed by atoms with Gasteiger partial charge in [0.1, 0.15) is 0 Å². The highest BCUT2D eigenvalue weighted by Crippen LogP contribution is 2.29. The van der Waals surface area contributed by atoms with Crippen LogP contribution in [-0.4, -0.2) is 22.1 Å². The number of amides is 1. The molecule has 1 aliphatic rings. The Bertz CT molecular complexity index is 912. The van der Waals surface area contributed by atoms with Gasteiger partial charge in [-0.15, -0.1) is 0 Å². The Morgan fingerprint density at radius 1 is 1.17 bits per heavy atom. The number of rotatable bonds is 3. The van der Waals surface area contributed by atoms with E-state index in [0.29, 0.717) is 5.56 Å². The van der Waals surface area contributed by atoms with E-state index in [1.807, 2.05) is 30.3 Å². The second kappa shape index (κ2) is 6.28. The summed E-state index contributed by atoms with van der Waals surface area (Å²) in [6.45, 7) is 0. The van der Waals surface area contributed by atoms with Crippen LogP contribution in [0, 0.1) is 0 Å². The average Bonchev–Trinajstić information content (AvgIpc) is 3.00. The van der Waals surface area contributed by atoms with Gasteiger partial charge in [0.2, 0.25) is 0 Å². The number of hydrazone groups is 1.